The van der Waals surface area contributed by atoms with Crippen LogP contribution in [0.15, 0.2) is 33.9 Å². The van der Waals surface area contributed by atoms with E-state index in [-0.39, 0.29) is 24.7 Å². The molecule has 152 valence electrons. The van der Waals surface area contributed by atoms with Gasteiger partial charge in [-0.05, 0) is 19.1 Å². The molecule has 2 aromatic rings. The van der Waals surface area contributed by atoms with Crippen LogP contribution in [0.2, 0.25) is 0 Å². The molecule has 1 fully saturated rings. The van der Waals surface area contributed by atoms with E-state index in [0.29, 0.717) is 5.69 Å². The lowest BCUT2D eigenvalue weighted by molar-refractivity contribution is -0.147. The Kier molecular flexibility index (Phi) is 5.35. The van der Waals surface area contributed by atoms with Gasteiger partial charge < -0.3 is 15.4 Å². The molecule has 3 N–H and O–H groups in total. The second-order valence-electron chi connectivity index (χ2n) is 6.85. The van der Waals surface area contributed by atoms with Gasteiger partial charge in [0.05, 0.1) is 5.92 Å². The highest BCUT2D eigenvalue weighted by molar-refractivity contribution is 6.02. The number of Topliss-reactive ketones (excluding diaryl/α,β-unsaturated/α-hetero) is 1. The zero-order chi connectivity index (χ0) is 21.3. The van der Waals surface area contributed by atoms with Gasteiger partial charge in [0.25, 0.3) is 5.56 Å². The average molecular weight is 400 g/mol. The minimum atomic E-state index is -0.951. The number of nitrogen functional groups attached to an aromatic ring is 1. The highest BCUT2D eigenvalue weighted by Crippen LogP contribution is 2.26. The number of H-pyrrole nitrogens is 1. The summed E-state index contributed by atoms with van der Waals surface area (Å²) in [5.74, 6) is -2.83. The first-order chi connectivity index (χ1) is 13.7. The van der Waals surface area contributed by atoms with Crippen molar-refractivity contribution in [2.24, 2.45) is 13.0 Å². The van der Waals surface area contributed by atoms with Gasteiger partial charge in [0.2, 0.25) is 11.7 Å². The van der Waals surface area contributed by atoms with Crippen LogP contribution in [0.1, 0.15) is 22.3 Å². The maximum atomic E-state index is 12.3. The van der Waals surface area contributed by atoms with Crippen molar-refractivity contribution in [3.05, 3.63) is 56.2 Å². The molecule has 3 rings (SSSR count). The monoisotopic (exact) mass is 400 g/mol. The number of carbonyl (C=O) groups is 3. The van der Waals surface area contributed by atoms with E-state index < -0.39 is 41.1 Å². The van der Waals surface area contributed by atoms with Crippen LogP contribution >= 0.6 is 0 Å². The van der Waals surface area contributed by atoms with Crippen LogP contribution in [-0.4, -0.2) is 40.4 Å². The molecular weight excluding hydrogens is 380 g/mol. The van der Waals surface area contributed by atoms with Crippen LogP contribution in [0.25, 0.3) is 0 Å². The van der Waals surface area contributed by atoms with E-state index >= 15 is 0 Å². The molecule has 1 aromatic carbocycles. The van der Waals surface area contributed by atoms with Crippen LogP contribution in [-0.2, 0) is 21.4 Å². The van der Waals surface area contributed by atoms with Gasteiger partial charge >= 0.3 is 11.7 Å². The quantitative estimate of drug-likeness (QED) is 0.520. The number of hydrogen-bond acceptors (Lipinski definition) is 7. The fourth-order valence-electron chi connectivity index (χ4n) is 3.07. The van der Waals surface area contributed by atoms with Crippen LogP contribution in [0.4, 0.5) is 11.5 Å². The Labute approximate surface area is 164 Å². The summed E-state index contributed by atoms with van der Waals surface area (Å²) in [6.45, 7) is 1.34. The molecule has 1 aromatic heterocycles. The van der Waals surface area contributed by atoms with Crippen molar-refractivity contribution < 1.29 is 19.1 Å². The molecule has 0 aliphatic carbocycles. The number of ketones is 1. The highest BCUT2D eigenvalue weighted by Gasteiger charge is 2.36. The molecule has 1 amide bonds. The number of nitrogens with one attached hydrogen (secondary N) is 1. The molecule has 2 heterocycles. The van der Waals surface area contributed by atoms with Crippen molar-refractivity contribution in [3.63, 3.8) is 0 Å². The van der Waals surface area contributed by atoms with E-state index in [4.69, 9.17) is 10.5 Å². The highest BCUT2D eigenvalue weighted by atomic mass is 16.5. The molecule has 0 saturated carbocycles. The van der Waals surface area contributed by atoms with E-state index in [0.717, 1.165) is 10.1 Å². The van der Waals surface area contributed by atoms with Gasteiger partial charge in [-0.2, -0.15) is 0 Å². The number of esters is 1. The topological polar surface area (TPSA) is 145 Å². The summed E-state index contributed by atoms with van der Waals surface area (Å²) < 4.78 is 5.92. The summed E-state index contributed by atoms with van der Waals surface area (Å²) in [6, 6.07) is 7.31. The van der Waals surface area contributed by atoms with Crippen molar-refractivity contribution in [1.82, 2.24) is 9.55 Å². The van der Waals surface area contributed by atoms with Gasteiger partial charge in [0.15, 0.2) is 6.61 Å². The number of nitrogens with two attached hydrogens (primary N) is 1. The Hall–Kier alpha value is -3.69. The number of anilines is 2. The molecule has 10 nitrogen and oxygen atoms in total. The van der Waals surface area contributed by atoms with Crippen molar-refractivity contribution >= 4 is 29.2 Å². The van der Waals surface area contributed by atoms with E-state index in [9.17, 15) is 24.0 Å². The third kappa shape index (κ3) is 3.96. The molecular formula is C19H20N4O6. The maximum absolute atomic E-state index is 12.3. The molecule has 29 heavy (non-hydrogen) atoms. The maximum Gasteiger partial charge on any atom is 0.329 e. The first-order valence-corrected chi connectivity index (χ1v) is 8.84. The first kappa shape index (κ1) is 20.1. The van der Waals surface area contributed by atoms with Crippen molar-refractivity contribution in [3.8, 4) is 0 Å². The summed E-state index contributed by atoms with van der Waals surface area (Å²) in [6.07, 6.45) is -0.0382. The number of rotatable bonds is 5. The zero-order valence-electron chi connectivity index (χ0n) is 15.9. The van der Waals surface area contributed by atoms with Gasteiger partial charge in [-0.25, -0.2) is 4.79 Å². The second-order valence-corrected chi connectivity index (χ2v) is 6.85. The van der Waals surface area contributed by atoms with Crippen LogP contribution in [0.5, 0.6) is 0 Å². The molecule has 0 bridgehead atoms. The average Bonchev–Trinajstić information content (AvgIpc) is 3.06. The predicted octanol–water partition coefficient (Wildman–Crippen LogP) is -0.257. The van der Waals surface area contributed by atoms with E-state index in [2.05, 4.69) is 0 Å². The first-order valence-electron chi connectivity index (χ1n) is 8.84. The zero-order valence-corrected chi connectivity index (χ0v) is 15.9. The Morgan fingerprint density at radius 2 is 1.86 bits per heavy atom. The number of benzene rings is 1. The molecule has 0 spiro atoms. The van der Waals surface area contributed by atoms with Gasteiger partial charge in [-0.1, -0.05) is 17.7 Å². The lowest BCUT2D eigenvalue weighted by Gasteiger charge is -2.16. The standard InChI is InChI=1S/C19H20N4O6/c1-10-3-5-12(6-4-10)23-8-11(7-14(23)25)18(27)29-9-13(24)15-16(20)22(2)19(28)21-17(15)26/h3-6,11H,7-9,20H2,1-2H3,(H,21,26,28)/t11-/m0/s1. The van der Waals surface area contributed by atoms with E-state index in [1.54, 1.807) is 12.1 Å². The fourth-order valence-corrected chi connectivity index (χ4v) is 3.07. The number of carbonyl (C=O) groups excluding carboxylic acids is 3. The van der Waals surface area contributed by atoms with Crippen molar-refractivity contribution in [2.45, 2.75) is 13.3 Å². The van der Waals surface area contributed by atoms with Gasteiger partial charge in [-0.15, -0.1) is 0 Å². The van der Waals surface area contributed by atoms with Crippen LogP contribution < -0.4 is 21.9 Å². The molecule has 10 heteroatoms. The smallest absolute Gasteiger partial charge is 0.329 e. The Morgan fingerprint density at radius 1 is 1.21 bits per heavy atom. The summed E-state index contributed by atoms with van der Waals surface area (Å²) in [7, 11) is 1.29. The number of aromatic amines is 1. The van der Waals surface area contributed by atoms with Crippen molar-refractivity contribution in [2.75, 3.05) is 23.8 Å². The summed E-state index contributed by atoms with van der Waals surface area (Å²) in [4.78, 5) is 63.6. The summed E-state index contributed by atoms with van der Waals surface area (Å²) >= 11 is 0. The van der Waals surface area contributed by atoms with Crippen LogP contribution in [0, 0.1) is 12.8 Å². The number of nitrogens with zero attached hydrogens (tertiary/aromatic N) is 2. The number of aromatic nitrogens is 2. The summed E-state index contributed by atoms with van der Waals surface area (Å²) in [5, 5.41) is 0. The molecule has 1 saturated heterocycles. The normalized spacial score (nSPS) is 16.1. The van der Waals surface area contributed by atoms with Gasteiger partial charge in [0, 0.05) is 25.7 Å². The number of amides is 1. The third-order valence-electron chi connectivity index (χ3n) is 4.80. The minimum Gasteiger partial charge on any atom is -0.457 e. The lowest BCUT2D eigenvalue weighted by atomic mass is 10.1. The summed E-state index contributed by atoms with van der Waals surface area (Å²) in [5.41, 5.74) is 5.21. The van der Waals surface area contributed by atoms with E-state index in [1.807, 2.05) is 24.0 Å². The van der Waals surface area contributed by atoms with Crippen molar-refractivity contribution in [1.29, 1.82) is 0 Å². The third-order valence-corrected chi connectivity index (χ3v) is 4.80. The van der Waals surface area contributed by atoms with E-state index in [1.165, 1.54) is 11.9 Å². The molecule has 0 unspecified atom stereocenters. The number of hydrogen-bond donors (Lipinski definition) is 2. The minimum absolute atomic E-state index is 0.0382. The molecule has 1 aliphatic heterocycles. The molecule has 1 aliphatic rings. The molecule has 0 radical (unpaired) electrons. The van der Waals surface area contributed by atoms with Gasteiger partial charge in [0.1, 0.15) is 11.4 Å². The fraction of sp³-hybridized carbons (Fsp3) is 0.316. The largest absolute Gasteiger partial charge is 0.457 e. The van der Waals surface area contributed by atoms with Gasteiger partial charge in [-0.3, -0.25) is 28.7 Å². The van der Waals surface area contributed by atoms with Crippen LogP contribution in [0.3, 0.4) is 0 Å². The predicted molar refractivity (Wildman–Crippen MR) is 104 cm³/mol. The Balaban J connectivity index is 1.66. The lowest BCUT2D eigenvalue weighted by Crippen LogP contribution is -2.36. The number of ether oxygens (including phenoxy) is 1. The Bertz CT molecular complexity index is 1100. The SMILES string of the molecule is Cc1ccc(N2C[C@@H](C(=O)OCC(=O)c3c(N)n(C)c(=O)[nH]c3=O)CC2=O)cc1. The second kappa shape index (κ2) is 7.74. The molecule has 1 atom stereocenters. The Morgan fingerprint density at radius 3 is 2.52 bits per heavy atom. The number of aryl methyl sites for hydroxylation is 1.